The van der Waals surface area contributed by atoms with E-state index in [0.717, 1.165) is 6.42 Å². The predicted octanol–water partition coefficient (Wildman–Crippen LogP) is 2.43. The maximum Gasteiger partial charge on any atom is 0.540 e. The summed E-state index contributed by atoms with van der Waals surface area (Å²) in [6.45, 7) is 0.339. The Morgan fingerprint density at radius 3 is 2.50 bits per heavy atom. The monoisotopic (exact) mass is 216 g/mol. The summed E-state index contributed by atoms with van der Waals surface area (Å²) < 4.78 is 38.1. The van der Waals surface area contributed by atoms with Gasteiger partial charge in [0.1, 0.15) is 0 Å². The Morgan fingerprint density at radius 2 is 2.00 bits per heavy atom. The minimum absolute atomic E-state index is 0.137. The first-order chi connectivity index (χ1) is 6.45. The van der Waals surface area contributed by atoms with E-state index in [1.54, 1.807) is 0 Å². The zero-order valence-electron chi connectivity index (χ0n) is 7.60. The summed E-state index contributed by atoms with van der Waals surface area (Å²) in [7, 11) is 0. The van der Waals surface area contributed by atoms with E-state index in [-0.39, 0.29) is 6.61 Å². The maximum absolute atomic E-state index is 11.5. The zero-order valence-corrected chi connectivity index (χ0v) is 7.60. The maximum atomic E-state index is 11.5. The summed E-state index contributed by atoms with van der Waals surface area (Å²) in [5, 5.41) is 0. The minimum atomic E-state index is -4.55. The predicted molar refractivity (Wildman–Crippen MR) is 39.3 cm³/mol. The molecule has 0 saturated heterocycles. The molecular formula is C7H11F3O4. The van der Waals surface area contributed by atoms with Crippen LogP contribution in [0.15, 0.2) is 0 Å². The first-order valence-electron chi connectivity index (χ1n) is 3.98. The number of alkyl halides is 3. The number of unbranched alkanes of at least 4 members (excludes halogenated alkanes) is 1. The summed E-state index contributed by atoms with van der Waals surface area (Å²) in [5.41, 5.74) is 0. The second kappa shape index (κ2) is 6.47. The first-order valence-corrected chi connectivity index (χ1v) is 3.98. The Kier molecular flexibility index (Phi) is 6.02. The molecule has 0 atom stereocenters. The number of hydrogen-bond donors (Lipinski definition) is 0. The lowest BCUT2D eigenvalue weighted by molar-refractivity contribution is -0.263. The van der Waals surface area contributed by atoms with Gasteiger partial charge in [0.2, 0.25) is 0 Å². The smallest absolute Gasteiger partial charge is 0.423 e. The fourth-order valence-corrected chi connectivity index (χ4v) is 0.458. The van der Waals surface area contributed by atoms with Crippen LogP contribution in [0.4, 0.5) is 18.0 Å². The summed E-state index contributed by atoms with van der Waals surface area (Å²) in [4.78, 5) is 18.5. The van der Waals surface area contributed by atoms with Gasteiger partial charge < -0.3 is 4.74 Å². The van der Waals surface area contributed by atoms with Crippen LogP contribution in [-0.2, 0) is 14.5 Å². The highest BCUT2D eigenvalue weighted by Gasteiger charge is 2.30. The van der Waals surface area contributed by atoms with Gasteiger partial charge in [0.25, 0.3) is 0 Å². The van der Waals surface area contributed by atoms with Crippen molar-refractivity contribution in [3.05, 3.63) is 0 Å². The van der Waals surface area contributed by atoms with Crippen molar-refractivity contribution in [2.45, 2.75) is 25.9 Å². The topological polar surface area (TPSA) is 44.8 Å². The molecule has 0 saturated carbocycles. The Morgan fingerprint density at radius 1 is 1.36 bits per heavy atom. The molecule has 0 aliphatic rings. The van der Waals surface area contributed by atoms with E-state index in [1.165, 1.54) is 0 Å². The van der Waals surface area contributed by atoms with Gasteiger partial charge in [-0.05, 0) is 6.42 Å². The minimum Gasteiger partial charge on any atom is -0.423 e. The van der Waals surface area contributed by atoms with Gasteiger partial charge in [-0.25, -0.2) is 4.79 Å². The van der Waals surface area contributed by atoms with Crippen molar-refractivity contribution in [3.63, 3.8) is 0 Å². The van der Waals surface area contributed by atoms with Gasteiger partial charge >= 0.3 is 12.3 Å². The molecule has 0 aliphatic heterocycles. The molecule has 7 heteroatoms. The molecule has 0 aromatic heterocycles. The molecule has 0 aliphatic carbocycles. The number of carbonyl (C=O) groups is 1. The van der Waals surface area contributed by atoms with Gasteiger partial charge in [-0.2, -0.15) is 18.1 Å². The van der Waals surface area contributed by atoms with Gasteiger partial charge in [0, 0.05) is 0 Å². The molecule has 14 heavy (non-hydrogen) atoms. The van der Waals surface area contributed by atoms with E-state index in [0.29, 0.717) is 6.42 Å². The van der Waals surface area contributed by atoms with Crippen molar-refractivity contribution >= 4 is 6.16 Å². The van der Waals surface area contributed by atoms with E-state index >= 15 is 0 Å². The Labute approximate surface area is 78.9 Å². The molecule has 0 N–H and O–H groups in total. The lowest BCUT2D eigenvalue weighted by Crippen LogP contribution is -2.21. The molecule has 0 amide bonds. The van der Waals surface area contributed by atoms with Crippen LogP contribution in [0.2, 0.25) is 0 Å². The Balaban J connectivity index is 3.38. The third-order valence-electron chi connectivity index (χ3n) is 1.06. The largest absolute Gasteiger partial charge is 0.540 e. The number of carbonyl (C=O) groups excluding carboxylic acids is 1. The van der Waals surface area contributed by atoms with Crippen LogP contribution in [0.5, 0.6) is 0 Å². The normalized spacial score (nSPS) is 11.1. The van der Waals surface area contributed by atoms with Gasteiger partial charge in [0.05, 0.1) is 6.61 Å². The van der Waals surface area contributed by atoms with Gasteiger partial charge in [-0.1, -0.05) is 13.3 Å². The fourth-order valence-electron chi connectivity index (χ4n) is 0.458. The molecule has 0 fully saturated rings. The van der Waals surface area contributed by atoms with Crippen molar-refractivity contribution in [2.75, 3.05) is 13.2 Å². The lowest BCUT2D eigenvalue weighted by Gasteiger charge is -2.06. The molecule has 0 unspecified atom stereocenters. The molecule has 0 bridgehead atoms. The highest BCUT2D eigenvalue weighted by atomic mass is 19.4. The number of ether oxygens (including phenoxy) is 1. The van der Waals surface area contributed by atoms with Gasteiger partial charge in [-0.15, -0.1) is 0 Å². The first kappa shape index (κ1) is 13.0. The van der Waals surface area contributed by atoms with Crippen molar-refractivity contribution in [3.8, 4) is 0 Å². The highest BCUT2D eigenvalue weighted by molar-refractivity contribution is 5.58. The van der Waals surface area contributed by atoms with Crippen molar-refractivity contribution < 1.29 is 32.5 Å². The fraction of sp³-hybridized carbons (Fsp3) is 0.857. The van der Waals surface area contributed by atoms with Crippen LogP contribution in [0.25, 0.3) is 0 Å². The molecule has 4 nitrogen and oxygen atoms in total. The summed E-state index contributed by atoms with van der Waals surface area (Å²) in [5.74, 6) is 0. The zero-order chi connectivity index (χ0) is 11.0. The second-order valence-electron chi connectivity index (χ2n) is 2.41. The summed E-state index contributed by atoms with van der Waals surface area (Å²) >= 11 is 0. The van der Waals surface area contributed by atoms with Crippen LogP contribution in [0, 0.1) is 0 Å². The van der Waals surface area contributed by atoms with Crippen molar-refractivity contribution in [1.82, 2.24) is 0 Å². The molecule has 0 heterocycles. The van der Waals surface area contributed by atoms with Gasteiger partial charge in [-0.3, -0.25) is 4.89 Å². The molecule has 0 spiro atoms. The number of rotatable bonds is 5. The van der Waals surface area contributed by atoms with Crippen LogP contribution in [-0.4, -0.2) is 25.5 Å². The molecular weight excluding hydrogens is 205 g/mol. The van der Waals surface area contributed by atoms with Crippen LogP contribution >= 0.6 is 0 Å². The third-order valence-corrected chi connectivity index (χ3v) is 1.06. The van der Waals surface area contributed by atoms with E-state index in [2.05, 4.69) is 14.5 Å². The van der Waals surface area contributed by atoms with E-state index in [4.69, 9.17) is 0 Å². The van der Waals surface area contributed by atoms with Crippen molar-refractivity contribution in [2.24, 2.45) is 0 Å². The summed E-state index contributed by atoms with van der Waals surface area (Å²) in [6.07, 6.45) is -4.57. The quantitative estimate of drug-likeness (QED) is 0.306. The SMILES string of the molecule is CCCCOOC(=O)OCC(F)(F)F. The van der Waals surface area contributed by atoms with E-state index in [1.807, 2.05) is 6.92 Å². The van der Waals surface area contributed by atoms with Crippen molar-refractivity contribution in [1.29, 1.82) is 0 Å². The molecule has 0 aromatic carbocycles. The molecule has 84 valence electrons. The van der Waals surface area contributed by atoms with Gasteiger partial charge in [0.15, 0.2) is 6.61 Å². The van der Waals surface area contributed by atoms with E-state index < -0.39 is 18.9 Å². The van der Waals surface area contributed by atoms with Crippen LogP contribution in [0.1, 0.15) is 19.8 Å². The summed E-state index contributed by atoms with van der Waals surface area (Å²) in [6, 6.07) is 0. The van der Waals surface area contributed by atoms with Crippen LogP contribution in [0.3, 0.4) is 0 Å². The second-order valence-corrected chi connectivity index (χ2v) is 2.41. The Bertz CT molecular complexity index is 169. The third kappa shape index (κ3) is 9.11. The number of halogens is 3. The highest BCUT2D eigenvalue weighted by Crippen LogP contribution is 2.14. The van der Waals surface area contributed by atoms with Crippen LogP contribution < -0.4 is 0 Å². The standard InChI is InChI=1S/C7H11F3O4/c1-2-3-4-13-14-6(11)12-5-7(8,9)10/h2-5H2,1H3. The number of hydrogen-bond acceptors (Lipinski definition) is 4. The average molecular weight is 216 g/mol. The molecule has 0 rings (SSSR count). The lowest BCUT2D eigenvalue weighted by atomic mass is 10.4. The Hall–Kier alpha value is -0.980. The average Bonchev–Trinajstić information content (AvgIpc) is 2.08. The molecule has 0 radical (unpaired) electrons. The van der Waals surface area contributed by atoms with E-state index in [9.17, 15) is 18.0 Å². The molecule has 0 aromatic rings.